The van der Waals surface area contributed by atoms with Crippen LogP contribution in [-0.2, 0) is 9.53 Å². The Labute approximate surface area is 131 Å². The number of esters is 1. The van der Waals surface area contributed by atoms with E-state index in [9.17, 15) is 9.59 Å². The monoisotopic (exact) mass is 304 g/mol. The van der Waals surface area contributed by atoms with E-state index < -0.39 is 0 Å². The molecule has 2 atom stereocenters. The van der Waals surface area contributed by atoms with Crippen LogP contribution < -0.4 is 10.2 Å². The average Bonchev–Trinajstić information content (AvgIpc) is 2.54. The minimum atomic E-state index is -0.236. The molecule has 1 aromatic rings. The van der Waals surface area contributed by atoms with E-state index in [0.29, 0.717) is 5.56 Å². The minimum Gasteiger partial charge on any atom is -0.469 e. The predicted molar refractivity (Wildman–Crippen MR) is 86.0 cm³/mol. The molecule has 2 rings (SSSR count). The van der Waals surface area contributed by atoms with Gasteiger partial charge in [-0.3, -0.25) is 9.59 Å². The lowest BCUT2D eigenvalue weighted by atomic mass is 9.84. The van der Waals surface area contributed by atoms with E-state index in [1.54, 1.807) is 6.07 Å². The van der Waals surface area contributed by atoms with Gasteiger partial charge >= 0.3 is 5.97 Å². The van der Waals surface area contributed by atoms with Crippen molar-refractivity contribution in [3.63, 3.8) is 0 Å². The van der Waals surface area contributed by atoms with Gasteiger partial charge in [0.15, 0.2) is 0 Å². The normalized spacial score (nSPS) is 21.0. The molecule has 1 saturated carbocycles. The molecule has 0 aliphatic heterocycles. The second kappa shape index (κ2) is 7.29. The predicted octanol–water partition coefficient (Wildman–Crippen LogP) is 2.21. The zero-order valence-electron chi connectivity index (χ0n) is 13.5. The zero-order chi connectivity index (χ0) is 16.1. The first-order valence-electron chi connectivity index (χ1n) is 7.69. The molecule has 1 fully saturated rings. The van der Waals surface area contributed by atoms with Gasteiger partial charge in [0.1, 0.15) is 0 Å². The van der Waals surface area contributed by atoms with Gasteiger partial charge in [0.05, 0.1) is 13.0 Å². The van der Waals surface area contributed by atoms with Crippen LogP contribution in [0.15, 0.2) is 24.3 Å². The van der Waals surface area contributed by atoms with Crippen LogP contribution in [0.4, 0.5) is 5.69 Å². The van der Waals surface area contributed by atoms with Crippen molar-refractivity contribution in [1.82, 2.24) is 5.32 Å². The maximum absolute atomic E-state index is 12.5. The Bertz CT molecular complexity index is 542. The second-order valence-corrected chi connectivity index (χ2v) is 5.94. The molecule has 0 radical (unpaired) electrons. The van der Waals surface area contributed by atoms with Crippen molar-refractivity contribution in [3.8, 4) is 0 Å². The van der Waals surface area contributed by atoms with Gasteiger partial charge in [-0.25, -0.2) is 0 Å². The van der Waals surface area contributed by atoms with Crippen molar-refractivity contribution in [2.45, 2.75) is 31.7 Å². The molecule has 1 N–H and O–H groups in total. The van der Waals surface area contributed by atoms with Gasteiger partial charge in [0.25, 0.3) is 5.91 Å². The molecule has 0 saturated heterocycles. The van der Waals surface area contributed by atoms with E-state index in [1.807, 2.05) is 37.2 Å². The summed E-state index contributed by atoms with van der Waals surface area (Å²) >= 11 is 0. The number of benzene rings is 1. The highest BCUT2D eigenvalue weighted by Gasteiger charge is 2.32. The third kappa shape index (κ3) is 3.78. The molecule has 22 heavy (non-hydrogen) atoms. The average molecular weight is 304 g/mol. The summed E-state index contributed by atoms with van der Waals surface area (Å²) in [6, 6.07) is 7.32. The molecule has 1 aromatic carbocycles. The van der Waals surface area contributed by atoms with E-state index >= 15 is 0 Å². The van der Waals surface area contributed by atoms with E-state index in [1.165, 1.54) is 7.11 Å². The molecule has 1 aliphatic rings. The number of hydrogen-bond donors (Lipinski definition) is 1. The molecule has 120 valence electrons. The first-order chi connectivity index (χ1) is 10.5. The van der Waals surface area contributed by atoms with E-state index in [0.717, 1.165) is 31.4 Å². The van der Waals surface area contributed by atoms with Gasteiger partial charge in [0.2, 0.25) is 0 Å². The molecule has 0 aromatic heterocycles. The Kier molecular flexibility index (Phi) is 5.41. The Balaban J connectivity index is 2.09. The number of carbonyl (C=O) groups is 2. The first kappa shape index (κ1) is 16.3. The number of anilines is 1. The summed E-state index contributed by atoms with van der Waals surface area (Å²) in [6.45, 7) is 0. The summed E-state index contributed by atoms with van der Waals surface area (Å²) in [6.07, 6.45) is 3.62. The number of rotatable bonds is 4. The zero-order valence-corrected chi connectivity index (χ0v) is 13.5. The number of ether oxygens (including phenoxy) is 1. The Morgan fingerprint density at radius 1 is 1.23 bits per heavy atom. The Morgan fingerprint density at radius 3 is 2.64 bits per heavy atom. The number of methoxy groups -OCH3 is 1. The van der Waals surface area contributed by atoms with Crippen molar-refractivity contribution in [1.29, 1.82) is 0 Å². The molecular weight excluding hydrogens is 280 g/mol. The van der Waals surface area contributed by atoms with E-state index in [4.69, 9.17) is 4.74 Å². The van der Waals surface area contributed by atoms with Crippen LogP contribution in [0.5, 0.6) is 0 Å². The first-order valence-corrected chi connectivity index (χ1v) is 7.69. The molecule has 5 heteroatoms. The van der Waals surface area contributed by atoms with E-state index in [2.05, 4.69) is 5.32 Å². The van der Waals surface area contributed by atoms with Crippen molar-refractivity contribution >= 4 is 17.6 Å². The fraction of sp³-hybridized carbons (Fsp3) is 0.529. The number of hydrogen-bond acceptors (Lipinski definition) is 4. The highest BCUT2D eigenvalue weighted by Crippen LogP contribution is 2.26. The van der Waals surface area contributed by atoms with Crippen LogP contribution in [0.1, 0.15) is 36.0 Å². The van der Waals surface area contributed by atoms with Crippen LogP contribution in [-0.4, -0.2) is 39.1 Å². The largest absolute Gasteiger partial charge is 0.469 e. The molecule has 0 unspecified atom stereocenters. The summed E-state index contributed by atoms with van der Waals surface area (Å²) < 4.78 is 4.86. The number of nitrogens with zero attached hydrogens (tertiary/aromatic N) is 1. The van der Waals surface area contributed by atoms with Crippen LogP contribution in [0, 0.1) is 5.92 Å². The standard InChI is InChI=1S/C17H24N2O3/c1-19(2)13-8-6-7-12(11-13)16(20)18-15-10-5-4-9-14(15)17(21)22-3/h6-8,11,14-15H,4-5,9-10H2,1-3H3,(H,18,20)/t14-,15-/m1/s1. The van der Waals surface area contributed by atoms with Gasteiger partial charge in [-0.05, 0) is 31.0 Å². The molecule has 0 heterocycles. The maximum atomic E-state index is 12.5. The molecule has 1 aliphatic carbocycles. The summed E-state index contributed by atoms with van der Waals surface area (Å²) in [7, 11) is 5.27. The quantitative estimate of drug-likeness (QED) is 0.867. The number of carbonyl (C=O) groups excluding carboxylic acids is 2. The van der Waals surface area contributed by atoms with E-state index in [-0.39, 0.29) is 23.8 Å². The molecule has 5 nitrogen and oxygen atoms in total. The van der Waals surface area contributed by atoms with Gasteiger partial charge in [0, 0.05) is 31.4 Å². The highest BCUT2D eigenvalue weighted by molar-refractivity contribution is 5.95. The van der Waals surface area contributed by atoms with Gasteiger partial charge in [-0.2, -0.15) is 0 Å². The fourth-order valence-electron chi connectivity index (χ4n) is 2.91. The maximum Gasteiger partial charge on any atom is 0.310 e. The van der Waals surface area contributed by atoms with Crippen molar-refractivity contribution in [3.05, 3.63) is 29.8 Å². The summed E-state index contributed by atoms with van der Waals surface area (Å²) in [4.78, 5) is 26.3. The Morgan fingerprint density at radius 2 is 1.95 bits per heavy atom. The van der Waals surface area contributed by atoms with Gasteiger partial charge < -0.3 is 15.0 Å². The lowest BCUT2D eigenvalue weighted by molar-refractivity contribution is -0.147. The number of nitrogens with one attached hydrogen (secondary N) is 1. The summed E-state index contributed by atoms with van der Waals surface area (Å²) in [5.41, 5.74) is 1.58. The molecule has 0 spiro atoms. The molecule has 1 amide bonds. The Hall–Kier alpha value is -2.04. The van der Waals surface area contributed by atoms with Crippen LogP contribution in [0.25, 0.3) is 0 Å². The molecule has 0 bridgehead atoms. The topological polar surface area (TPSA) is 58.6 Å². The third-order valence-electron chi connectivity index (χ3n) is 4.21. The number of amides is 1. The van der Waals surface area contributed by atoms with Crippen molar-refractivity contribution in [2.24, 2.45) is 5.92 Å². The lowest BCUT2D eigenvalue weighted by Gasteiger charge is -2.30. The third-order valence-corrected chi connectivity index (χ3v) is 4.21. The van der Waals surface area contributed by atoms with Crippen molar-refractivity contribution < 1.29 is 14.3 Å². The molecular formula is C17H24N2O3. The SMILES string of the molecule is COC(=O)[C@@H]1CCCC[C@H]1NC(=O)c1cccc(N(C)C)c1. The minimum absolute atomic E-state index is 0.135. The van der Waals surface area contributed by atoms with Crippen LogP contribution in [0.2, 0.25) is 0 Å². The van der Waals surface area contributed by atoms with Crippen LogP contribution >= 0.6 is 0 Å². The summed E-state index contributed by atoms with van der Waals surface area (Å²) in [5, 5.41) is 3.01. The van der Waals surface area contributed by atoms with Gasteiger partial charge in [-0.15, -0.1) is 0 Å². The van der Waals surface area contributed by atoms with Crippen molar-refractivity contribution in [2.75, 3.05) is 26.1 Å². The van der Waals surface area contributed by atoms with Crippen LogP contribution in [0.3, 0.4) is 0 Å². The summed E-state index contributed by atoms with van der Waals surface area (Å²) in [5.74, 6) is -0.601. The van der Waals surface area contributed by atoms with Gasteiger partial charge in [-0.1, -0.05) is 18.9 Å². The lowest BCUT2D eigenvalue weighted by Crippen LogP contribution is -2.45. The highest BCUT2D eigenvalue weighted by atomic mass is 16.5. The smallest absolute Gasteiger partial charge is 0.310 e. The second-order valence-electron chi connectivity index (χ2n) is 5.94. The fourth-order valence-corrected chi connectivity index (χ4v) is 2.91.